The standard InChI is InChI=1S/C14H18N4O/c1-14(2,3)11-7-5-10(6-8-11)12(19)9-13-15-17-18(4)16-13/h5-8H,9H2,1-4H3. The van der Waals surface area contributed by atoms with Crippen molar-refractivity contribution in [3.05, 3.63) is 41.2 Å². The van der Waals surface area contributed by atoms with Crippen LogP contribution in [-0.4, -0.2) is 26.0 Å². The highest BCUT2D eigenvalue weighted by molar-refractivity contribution is 5.97. The monoisotopic (exact) mass is 258 g/mol. The molecule has 100 valence electrons. The molecular weight excluding hydrogens is 240 g/mol. The fourth-order valence-corrected chi connectivity index (χ4v) is 1.80. The Kier molecular flexibility index (Phi) is 3.46. The number of ketones is 1. The number of nitrogens with zero attached hydrogens (tertiary/aromatic N) is 4. The van der Waals surface area contributed by atoms with Gasteiger partial charge in [-0.1, -0.05) is 45.0 Å². The number of aromatic nitrogens is 4. The maximum Gasteiger partial charge on any atom is 0.182 e. The van der Waals surface area contributed by atoms with Crippen LogP contribution in [0.25, 0.3) is 0 Å². The Morgan fingerprint density at radius 2 is 1.84 bits per heavy atom. The van der Waals surface area contributed by atoms with Crippen LogP contribution in [0.5, 0.6) is 0 Å². The molecule has 0 aliphatic heterocycles. The Balaban J connectivity index is 2.12. The molecule has 0 amide bonds. The molecule has 2 rings (SSSR count). The summed E-state index contributed by atoms with van der Waals surface area (Å²) < 4.78 is 0. The van der Waals surface area contributed by atoms with Gasteiger partial charge >= 0.3 is 0 Å². The first kappa shape index (κ1) is 13.4. The summed E-state index contributed by atoms with van der Waals surface area (Å²) in [5, 5.41) is 11.5. The van der Waals surface area contributed by atoms with Crippen molar-refractivity contribution in [1.82, 2.24) is 20.2 Å². The van der Waals surface area contributed by atoms with Gasteiger partial charge in [-0.15, -0.1) is 10.2 Å². The Morgan fingerprint density at radius 3 is 2.32 bits per heavy atom. The minimum Gasteiger partial charge on any atom is -0.294 e. The molecule has 0 aliphatic rings. The van der Waals surface area contributed by atoms with Gasteiger partial charge in [0.1, 0.15) is 0 Å². The zero-order chi connectivity index (χ0) is 14.0. The van der Waals surface area contributed by atoms with Crippen molar-refractivity contribution in [1.29, 1.82) is 0 Å². The van der Waals surface area contributed by atoms with Gasteiger partial charge in [-0.3, -0.25) is 4.79 Å². The number of tetrazole rings is 1. The minimum absolute atomic E-state index is 0.00783. The van der Waals surface area contributed by atoms with E-state index in [2.05, 4.69) is 36.2 Å². The predicted molar refractivity (Wildman–Crippen MR) is 72.0 cm³/mol. The second-order valence-electron chi connectivity index (χ2n) is 5.62. The number of benzene rings is 1. The molecule has 0 unspecified atom stereocenters. The first-order chi connectivity index (χ1) is 8.86. The van der Waals surface area contributed by atoms with Crippen LogP contribution in [0.3, 0.4) is 0 Å². The van der Waals surface area contributed by atoms with Crippen LogP contribution < -0.4 is 0 Å². The van der Waals surface area contributed by atoms with E-state index in [1.54, 1.807) is 7.05 Å². The molecular formula is C14H18N4O. The molecule has 0 fully saturated rings. The number of Topliss-reactive ketones (excluding diaryl/α,β-unsaturated/α-hetero) is 1. The van der Waals surface area contributed by atoms with Gasteiger partial charge < -0.3 is 0 Å². The molecule has 1 aromatic carbocycles. The van der Waals surface area contributed by atoms with Crippen LogP contribution in [0.1, 0.15) is 42.5 Å². The molecule has 0 radical (unpaired) electrons. The number of carbonyl (C=O) groups excluding carboxylic acids is 1. The predicted octanol–water partition coefficient (Wildman–Crippen LogP) is 1.93. The largest absolute Gasteiger partial charge is 0.294 e. The highest BCUT2D eigenvalue weighted by atomic mass is 16.1. The average molecular weight is 258 g/mol. The Bertz CT molecular complexity index is 578. The van der Waals surface area contributed by atoms with Gasteiger partial charge in [0.25, 0.3) is 0 Å². The SMILES string of the molecule is Cn1nnc(CC(=O)c2ccc(C(C)(C)C)cc2)n1. The lowest BCUT2D eigenvalue weighted by molar-refractivity contribution is 0.0990. The van der Waals surface area contributed by atoms with E-state index in [0.29, 0.717) is 11.4 Å². The van der Waals surface area contributed by atoms with Crippen LogP contribution in [-0.2, 0) is 18.9 Å². The molecule has 0 spiro atoms. The van der Waals surface area contributed by atoms with Gasteiger partial charge in [-0.25, -0.2) is 0 Å². The zero-order valence-corrected chi connectivity index (χ0v) is 11.7. The topological polar surface area (TPSA) is 60.7 Å². The smallest absolute Gasteiger partial charge is 0.182 e. The zero-order valence-electron chi connectivity index (χ0n) is 11.7. The molecule has 0 atom stereocenters. The summed E-state index contributed by atoms with van der Waals surface area (Å²) in [7, 11) is 1.68. The fourth-order valence-electron chi connectivity index (χ4n) is 1.80. The quantitative estimate of drug-likeness (QED) is 0.789. The Labute approximate surface area is 112 Å². The van der Waals surface area contributed by atoms with Crippen LogP contribution in [0.15, 0.2) is 24.3 Å². The van der Waals surface area contributed by atoms with E-state index in [4.69, 9.17) is 0 Å². The number of aryl methyl sites for hydroxylation is 1. The highest BCUT2D eigenvalue weighted by Crippen LogP contribution is 2.22. The van der Waals surface area contributed by atoms with Crippen molar-refractivity contribution in [3.8, 4) is 0 Å². The van der Waals surface area contributed by atoms with E-state index >= 15 is 0 Å². The van der Waals surface area contributed by atoms with Crippen molar-refractivity contribution in [3.63, 3.8) is 0 Å². The summed E-state index contributed by atoms with van der Waals surface area (Å²) in [6.07, 6.45) is 0.183. The molecule has 0 bridgehead atoms. The molecule has 1 heterocycles. The molecule has 19 heavy (non-hydrogen) atoms. The lowest BCUT2D eigenvalue weighted by Gasteiger charge is -2.18. The highest BCUT2D eigenvalue weighted by Gasteiger charge is 2.15. The van der Waals surface area contributed by atoms with E-state index in [9.17, 15) is 4.79 Å². The van der Waals surface area contributed by atoms with Crippen molar-refractivity contribution >= 4 is 5.78 Å². The number of rotatable bonds is 3. The van der Waals surface area contributed by atoms with Gasteiger partial charge in [0, 0.05) is 5.56 Å². The van der Waals surface area contributed by atoms with Gasteiger partial charge in [0.15, 0.2) is 11.6 Å². The minimum atomic E-state index is 0.00783. The van der Waals surface area contributed by atoms with E-state index in [1.165, 1.54) is 10.4 Å². The first-order valence-corrected chi connectivity index (χ1v) is 6.23. The molecule has 1 aromatic heterocycles. The summed E-state index contributed by atoms with van der Waals surface area (Å²) in [5.74, 6) is 0.459. The van der Waals surface area contributed by atoms with Crippen LogP contribution in [0, 0.1) is 0 Å². The van der Waals surface area contributed by atoms with Crippen LogP contribution in [0.4, 0.5) is 0 Å². The van der Waals surface area contributed by atoms with Crippen LogP contribution in [0.2, 0.25) is 0 Å². The van der Waals surface area contributed by atoms with Gasteiger partial charge in [0.2, 0.25) is 0 Å². The summed E-state index contributed by atoms with van der Waals surface area (Å²) in [4.78, 5) is 13.4. The molecule has 5 nitrogen and oxygen atoms in total. The maximum absolute atomic E-state index is 12.1. The van der Waals surface area contributed by atoms with E-state index in [1.807, 2.05) is 24.3 Å². The molecule has 0 N–H and O–H groups in total. The molecule has 2 aromatic rings. The maximum atomic E-state index is 12.1. The fraction of sp³-hybridized carbons (Fsp3) is 0.429. The Hall–Kier alpha value is -2.04. The first-order valence-electron chi connectivity index (χ1n) is 6.23. The van der Waals surface area contributed by atoms with Crippen molar-refractivity contribution in [2.45, 2.75) is 32.6 Å². The third kappa shape index (κ3) is 3.24. The van der Waals surface area contributed by atoms with Crippen molar-refractivity contribution in [2.24, 2.45) is 7.05 Å². The second-order valence-corrected chi connectivity index (χ2v) is 5.62. The van der Waals surface area contributed by atoms with Crippen molar-refractivity contribution < 1.29 is 4.79 Å². The van der Waals surface area contributed by atoms with E-state index in [0.717, 1.165) is 0 Å². The normalized spacial score (nSPS) is 11.6. The number of hydrogen-bond acceptors (Lipinski definition) is 4. The summed E-state index contributed by atoms with van der Waals surface area (Å²) >= 11 is 0. The van der Waals surface area contributed by atoms with Gasteiger partial charge in [0.05, 0.1) is 13.5 Å². The third-order valence-electron chi connectivity index (χ3n) is 2.94. The Morgan fingerprint density at radius 1 is 1.21 bits per heavy atom. The number of carbonyl (C=O) groups is 1. The molecule has 0 saturated carbocycles. The third-order valence-corrected chi connectivity index (χ3v) is 2.94. The van der Waals surface area contributed by atoms with E-state index < -0.39 is 0 Å². The van der Waals surface area contributed by atoms with Crippen molar-refractivity contribution in [2.75, 3.05) is 0 Å². The molecule has 0 saturated heterocycles. The lowest BCUT2D eigenvalue weighted by Crippen LogP contribution is -2.12. The number of hydrogen-bond donors (Lipinski definition) is 0. The summed E-state index contributed by atoms with van der Waals surface area (Å²) in [6, 6.07) is 7.72. The molecule has 0 aliphatic carbocycles. The summed E-state index contributed by atoms with van der Waals surface area (Å²) in [6.45, 7) is 6.44. The van der Waals surface area contributed by atoms with Gasteiger partial charge in [-0.05, 0) is 16.2 Å². The average Bonchev–Trinajstić information content (AvgIpc) is 2.74. The lowest BCUT2D eigenvalue weighted by atomic mass is 9.86. The molecule has 5 heteroatoms. The van der Waals surface area contributed by atoms with Crippen LogP contribution >= 0.6 is 0 Å². The van der Waals surface area contributed by atoms with E-state index in [-0.39, 0.29) is 17.6 Å². The second kappa shape index (κ2) is 4.91. The van der Waals surface area contributed by atoms with Gasteiger partial charge in [-0.2, -0.15) is 4.80 Å². The summed E-state index contributed by atoms with van der Waals surface area (Å²) in [5.41, 5.74) is 1.98.